The Balaban J connectivity index is 1.36. The van der Waals surface area contributed by atoms with Crippen molar-refractivity contribution in [1.29, 1.82) is 0 Å². The fourth-order valence-electron chi connectivity index (χ4n) is 3.81. The molecule has 1 aliphatic heterocycles. The molecule has 166 valence electrons. The summed E-state index contributed by atoms with van der Waals surface area (Å²) in [6.45, 7) is 5.11. The highest BCUT2D eigenvalue weighted by molar-refractivity contribution is 5.93. The van der Waals surface area contributed by atoms with Crippen LogP contribution in [0.4, 0.5) is 21.6 Å². The number of rotatable bonds is 5. The third-order valence-electron chi connectivity index (χ3n) is 5.46. The van der Waals surface area contributed by atoms with E-state index in [1.54, 1.807) is 4.68 Å². The minimum absolute atomic E-state index is 0.205. The van der Waals surface area contributed by atoms with Gasteiger partial charge in [0.2, 0.25) is 11.7 Å². The Morgan fingerprint density at radius 1 is 1.12 bits per heavy atom. The third-order valence-corrected chi connectivity index (χ3v) is 5.46. The fraction of sp³-hybridized carbons (Fsp3) is 0.333. The van der Waals surface area contributed by atoms with Crippen LogP contribution in [0.15, 0.2) is 36.4 Å². The molecular weight excluding hydrogens is 417 g/mol. The number of halogens is 1. The summed E-state index contributed by atoms with van der Waals surface area (Å²) in [5.41, 5.74) is 1.42. The van der Waals surface area contributed by atoms with Gasteiger partial charge in [-0.1, -0.05) is 0 Å². The molecule has 0 aliphatic carbocycles. The van der Waals surface area contributed by atoms with Crippen LogP contribution in [0.3, 0.4) is 0 Å². The number of piperidine rings is 1. The first-order chi connectivity index (χ1) is 15.3. The molecule has 11 heteroatoms. The van der Waals surface area contributed by atoms with Gasteiger partial charge >= 0.3 is 5.69 Å². The summed E-state index contributed by atoms with van der Waals surface area (Å²) >= 11 is 0. The Kier molecular flexibility index (Phi) is 5.80. The number of aromatic nitrogens is 4. The molecule has 0 radical (unpaired) electrons. The van der Waals surface area contributed by atoms with Crippen molar-refractivity contribution in [2.24, 2.45) is 5.92 Å². The van der Waals surface area contributed by atoms with Gasteiger partial charge in [0.05, 0.1) is 10.6 Å². The van der Waals surface area contributed by atoms with Crippen molar-refractivity contribution < 1.29 is 14.1 Å². The van der Waals surface area contributed by atoms with Crippen LogP contribution in [0.2, 0.25) is 0 Å². The van der Waals surface area contributed by atoms with Crippen molar-refractivity contribution >= 4 is 23.1 Å². The van der Waals surface area contributed by atoms with Crippen LogP contribution in [0.1, 0.15) is 24.2 Å². The Morgan fingerprint density at radius 2 is 1.81 bits per heavy atom. The highest BCUT2D eigenvalue weighted by Crippen LogP contribution is 2.25. The van der Waals surface area contributed by atoms with Gasteiger partial charge in [0, 0.05) is 36.5 Å². The highest BCUT2D eigenvalue weighted by Gasteiger charge is 2.26. The van der Waals surface area contributed by atoms with Crippen LogP contribution in [0.5, 0.6) is 0 Å². The number of amides is 1. The number of carbonyl (C=O) groups is 1. The molecule has 1 fully saturated rings. The number of anilines is 2. The number of carbonyl (C=O) groups excluding carboxylic acids is 1. The molecule has 4 rings (SSSR count). The molecule has 3 heterocycles. The van der Waals surface area contributed by atoms with E-state index in [2.05, 4.69) is 25.5 Å². The van der Waals surface area contributed by atoms with E-state index < -0.39 is 16.4 Å². The molecule has 3 aromatic rings. The van der Waals surface area contributed by atoms with Gasteiger partial charge < -0.3 is 10.2 Å². The number of nitrogens with one attached hydrogen (secondary N) is 1. The minimum atomic E-state index is -0.939. The summed E-state index contributed by atoms with van der Waals surface area (Å²) in [6, 6.07) is 9.04. The third kappa shape index (κ3) is 4.41. The van der Waals surface area contributed by atoms with E-state index in [9.17, 15) is 19.3 Å². The van der Waals surface area contributed by atoms with Gasteiger partial charge in [0.1, 0.15) is 0 Å². The number of aryl methyl sites for hydroxylation is 2. The highest BCUT2D eigenvalue weighted by atomic mass is 19.1. The number of benzene rings is 1. The van der Waals surface area contributed by atoms with Gasteiger partial charge in [0.25, 0.3) is 0 Å². The number of nitro groups is 1. The van der Waals surface area contributed by atoms with Crippen LogP contribution >= 0.6 is 0 Å². The molecule has 1 saturated heterocycles. The molecular formula is C21H22FN7O3. The smallest absolute Gasteiger partial charge is 0.306 e. The molecule has 32 heavy (non-hydrogen) atoms. The molecule has 1 amide bonds. The Hall–Kier alpha value is -3.89. The molecule has 0 spiro atoms. The van der Waals surface area contributed by atoms with Gasteiger partial charge in [-0.15, -0.1) is 10.2 Å². The van der Waals surface area contributed by atoms with Gasteiger partial charge in [0.15, 0.2) is 11.6 Å². The second-order valence-corrected chi connectivity index (χ2v) is 7.76. The van der Waals surface area contributed by atoms with Crippen molar-refractivity contribution in [2.45, 2.75) is 26.7 Å². The molecule has 1 aromatic carbocycles. The van der Waals surface area contributed by atoms with E-state index in [4.69, 9.17) is 0 Å². The van der Waals surface area contributed by atoms with Crippen LogP contribution in [-0.4, -0.2) is 43.9 Å². The predicted molar refractivity (Wildman–Crippen MR) is 115 cm³/mol. The minimum Gasteiger partial charge on any atom is -0.355 e. The SMILES string of the molecule is Cc1cc(C)n(-c2ccc(N3CCC(C(=O)Nc4ccc(F)c([N+](=O)[O-])c4)CC3)nn2)n1. The molecule has 2 aromatic heterocycles. The maximum atomic E-state index is 13.5. The largest absolute Gasteiger partial charge is 0.355 e. The Bertz CT molecular complexity index is 1150. The van der Waals surface area contributed by atoms with Crippen molar-refractivity contribution in [2.75, 3.05) is 23.3 Å². The molecule has 10 nitrogen and oxygen atoms in total. The lowest BCUT2D eigenvalue weighted by Crippen LogP contribution is -2.38. The number of nitro benzene ring substituents is 1. The summed E-state index contributed by atoms with van der Waals surface area (Å²) < 4.78 is 15.2. The zero-order valence-electron chi connectivity index (χ0n) is 17.7. The van der Waals surface area contributed by atoms with Crippen LogP contribution in [-0.2, 0) is 4.79 Å². The summed E-state index contributed by atoms with van der Waals surface area (Å²) in [4.78, 5) is 24.7. The lowest BCUT2D eigenvalue weighted by atomic mass is 9.96. The Morgan fingerprint density at radius 3 is 2.41 bits per heavy atom. The molecule has 0 unspecified atom stereocenters. The summed E-state index contributed by atoms with van der Waals surface area (Å²) in [6.07, 6.45) is 1.19. The second-order valence-electron chi connectivity index (χ2n) is 7.76. The number of nitrogens with zero attached hydrogens (tertiary/aromatic N) is 6. The first-order valence-corrected chi connectivity index (χ1v) is 10.2. The zero-order valence-corrected chi connectivity index (χ0v) is 17.7. The quantitative estimate of drug-likeness (QED) is 0.479. The van der Waals surface area contributed by atoms with Gasteiger partial charge in [-0.25, -0.2) is 4.68 Å². The molecule has 0 atom stereocenters. The molecule has 0 saturated carbocycles. The first kappa shape index (κ1) is 21.3. The van der Waals surface area contributed by atoms with Gasteiger partial charge in [-0.3, -0.25) is 14.9 Å². The average molecular weight is 439 g/mol. The molecule has 0 bridgehead atoms. The van der Waals surface area contributed by atoms with Crippen molar-refractivity contribution in [3.8, 4) is 5.82 Å². The second kappa shape index (κ2) is 8.69. The lowest BCUT2D eigenvalue weighted by molar-refractivity contribution is -0.387. The van der Waals surface area contributed by atoms with Crippen LogP contribution in [0.25, 0.3) is 5.82 Å². The van der Waals surface area contributed by atoms with Crippen molar-refractivity contribution in [3.05, 3.63) is 63.7 Å². The summed E-state index contributed by atoms with van der Waals surface area (Å²) in [5.74, 6) is -0.0644. The number of hydrogen-bond donors (Lipinski definition) is 1. The fourth-order valence-corrected chi connectivity index (χ4v) is 3.81. The van der Waals surface area contributed by atoms with Crippen LogP contribution in [0, 0.1) is 35.7 Å². The van der Waals surface area contributed by atoms with Crippen LogP contribution < -0.4 is 10.2 Å². The van der Waals surface area contributed by atoms with E-state index in [1.807, 2.05) is 32.0 Å². The summed E-state index contributed by atoms with van der Waals surface area (Å²) in [7, 11) is 0. The summed E-state index contributed by atoms with van der Waals surface area (Å²) in [5, 5.41) is 26.5. The normalized spacial score (nSPS) is 14.4. The lowest BCUT2D eigenvalue weighted by Gasteiger charge is -2.31. The topological polar surface area (TPSA) is 119 Å². The predicted octanol–water partition coefficient (Wildman–Crippen LogP) is 3.18. The van der Waals surface area contributed by atoms with Gasteiger partial charge in [-0.05, 0) is 57.0 Å². The van der Waals surface area contributed by atoms with E-state index >= 15 is 0 Å². The van der Waals surface area contributed by atoms with Crippen molar-refractivity contribution in [3.63, 3.8) is 0 Å². The molecule has 1 aliphatic rings. The van der Waals surface area contributed by atoms with E-state index in [-0.39, 0.29) is 17.5 Å². The average Bonchev–Trinajstić information content (AvgIpc) is 3.13. The van der Waals surface area contributed by atoms with Gasteiger partial charge in [-0.2, -0.15) is 9.49 Å². The van der Waals surface area contributed by atoms with E-state index in [0.717, 1.165) is 29.3 Å². The zero-order chi connectivity index (χ0) is 22.8. The molecule has 1 N–H and O–H groups in total. The number of hydrogen-bond acceptors (Lipinski definition) is 7. The first-order valence-electron chi connectivity index (χ1n) is 10.2. The van der Waals surface area contributed by atoms with Crippen molar-refractivity contribution in [1.82, 2.24) is 20.0 Å². The van der Waals surface area contributed by atoms with E-state index in [1.165, 1.54) is 6.07 Å². The monoisotopic (exact) mass is 439 g/mol. The standard InChI is InChI=1S/C21H22FN7O3/c1-13-11-14(2)28(26-13)20-6-5-19(24-25-20)27-9-7-15(8-10-27)21(30)23-16-3-4-17(22)18(12-16)29(31)32/h3-6,11-12,15H,7-10H2,1-2H3,(H,23,30). The maximum absolute atomic E-state index is 13.5. The maximum Gasteiger partial charge on any atom is 0.306 e. The van der Waals surface area contributed by atoms with E-state index in [0.29, 0.717) is 31.7 Å². The Labute approximate surface area is 183 Å².